The molecule has 2 N–H and O–H groups in total. The quantitative estimate of drug-likeness (QED) is 0.630. The summed E-state index contributed by atoms with van der Waals surface area (Å²) in [6.45, 7) is 1.59. The molecule has 0 saturated carbocycles. The van der Waals surface area contributed by atoms with Crippen molar-refractivity contribution in [3.63, 3.8) is 0 Å². The number of hydrogen-bond donors (Lipinski definition) is 2. The summed E-state index contributed by atoms with van der Waals surface area (Å²) < 4.78 is 5.56. The van der Waals surface area contributed by atoms with E-state index in [0.29, 0.717) is 6.42 Å². The Balaban J connectivity index is 1.37. The first-order chi connectivity index (χ1) is 16.8. The number of aliphatic carboxylic acids is 1. The normalized spacial score (nSPS) is 18.0. The molecule has 2 aromatic carbocycles. The molecule has 35 heavy (non-hydrogen) atoms. The molecule has 2 aromatic rings. The Labute approximate surface area is 203 Å². The highest BCUT2D eigenvalue weighted by atomic mass is 16.5. The van der Waals surface area contributed by atoms with E-state index < -0.39 is 30.1 Å². The van der Waals surface area contributed by atoms with Gasteiger partial charge in [0.05, 0.1) is 6.54 Å². The maximum absolute atomic E-state index is 12.9. The van der Waals surface area contributed by atoms with E-state index in [-0.39, 0.29) is 37.9 Å². The molecule has 1 heterocycles. The Morgan fingerprint density at radius 2 is 1.69 bits per heavy atom. The zero-order valence-corrected chi connectivity index (χ0v) is 19.8. The number of fused-ring (bicyclic) bond motifs is 3. The van der Waals surface area contributed by atoms with Crippen LogP contribution in [0.4, 0.5) is 4.79 Å². The molecule has 9 nitrogen and oxygen atoms in total. The van der Waals surface area contributed by atoms with Crippen molar-refractivity contribution in [2.45, 2.75) is 37.8 Å². The third-order valence-corrected chi connectivity index (χ3v) is 6.74. The number of hydrogen-bond acceptors (Lipinski definition) is 5. The summed E-state index contributed by atoms with van der Waals surface area (Å²) in [7, 11) is 1.51. The second kappa shape index (κ2) is 10.2. The average molecular weight is 480 g/mol. The molecule has 1 aliphatic heterocycles. The van der Waals surface area contributed by atoms with Crippen LogP contribution in [0.25, 0.3) is 11.1 Å². The van der Waals surface area contributed by atoms with Crippen molar-refractivity contribution < 1.29 is 29.0 Å². The number of likely N-dealkylation sites (N-methyl/N-ethyl adjacent to an activating group) is 1. The topological polar surface area (TPSA) is 116 Å². The van der Waals surface area contributed by atoms with Crippen molar-refractivity contribution in [1.82, 2.24) is 15.1 Å². The highest BCUT2D eigenvalue weighted by molar-refractivity contribution is 5.91. The fraction of sp³-hybridized carbons (Fsp3) is 0.385. The SMILES string of the molecule is CC[C@@H](CC(=O)N1CC(=O)N(C)CC1C(=O)O)NC(=O)OCC1c2ccccc2-c2ccccc21. The van der Waals surface area contributed by atoms with Crippen molar-refractivity contribution in [1.29, 1.82) is 0 Å². The lowest BCUT2D eigenvalue weighted by Crippen LogP contribution is -2.60. The van der Waals surface area contributed by atoms with Crippen molar-refractivity contribution in [2.24, 2.45) is 0 Å². The Morgan fingerprint density at radius 1 is 1.09 bits per heavy atom. The number of carboxylic acid groups (broad SMARTS) is 1. The highest BCUT2D eigenvalue weighted by Gasteiger charge is 2.38. The van der Waals surface area contributed by atoms with Crippen molar-refractivity contribution in [3.8, 4) is 11.1 Å². The van der Waals surface area contributed by atoms with E-state index in [4.69, 9.17) is 4.74 Å². The van der Waals surface area contributed by atoms with Crippen LogP contribution in [0.2, 0.25) is 0 Å². The van der Waals surface area contributed by atoms with Gasteiger partial charge in [0, 0.05) is 25.4 Å². The first kappa shape index (κ1) is 24.3. The molecule has 0 radical (unpaired) electrons. The fourth-order valence-electron chi connectivity index (χ4n) is 4.74. The minimum absolute atomic E-state index is 0.0729. The number of nitrogens with zero attached hydrogens (tertiary/aromatic N) is 2. The summed E-state index contributed by atoms with van der Waals surface area (Å²) in [5, 5.41) is 12.2. The number of benzene rings is 2. The number of carboxylic acids is 1. The van der Waals surface area contributed by atoms with Gasteiger partial charge in [-0.1, -0.05) is 55.5 Å². The summed E-state index contributed by atoms with van der Waals surface area (Å²) in [5.41, 5.74) is 4.46. The minimum Gasteiger partial charge on any atom is -0.480 e. The second-order valence-corrected chi connectivity index (χ2v) is 8.93. The van der Waals surface area contributed by atoms with Gasteiger partial charge in [-0.25, -0.2) is 9.59 Å². The predicted octanol–water partition coefficient (Wildman–Crippen LogP) is 2.45. The number of ether oxygens (including phenoxy) is 1. The van der Waals surface area contributed by atoms with Crippen LogP contribution >= 0.6 is 0 Å². The van der Waals surface area contributed by atoms with Crippen LogP contribution in [0.1, 0.15) is 36.8 Å². The van der Waals surface area contributed by atoms with Gasteiger partial charge in [-0.2, -0.15) is 0 Å². The van der Waals surface area contributed by atoms with E-state index in [9.17, 15) is 24.3 Å². The number of piperazine rings is 1. The van der Waals surface area contributed by atoms with Crippen LogP contribution in [0.3, 0.4) is 0 Å². The van der Waals surface area contributed by atoms with Crippen LogP contribution < -0.4 is 5.32 Å². The molecule has 1 aliphatic carbocycles. The van der Waals surface area contributed by atoms with Gasteiger partial charge in [0.25, 0.3) is 0 Å². The number of carbonyl (C=O) groups is 4. The standard InChI is InChI=1S/C26H29N3O6/c1-3-16(12-23(30)29-14-24(31)28(2)13-22(29)25(32)33)27-26(34)35-15-21-19-10-6-4-8-17(19)18-9-5-7-11-20(18)21/h4-11,16,21-22H,3,12-15H2,1-2H3,(H,27,34)(H,32,33)/t16-,22?/m0/s1. The molecule has 184 valence electrons. The van der Waals surface area contributed by atoms with Gasteiger partial charge in [0.15, 0.2) is 0 Å². The van der Waals surface area contributed by atoms with E-state index in [1.165, 1.54) is 11.9 Å². The molecule has 0 spiro atoms. The van der Waals surface area contributed by atoms with E-state index >= 15 is 0 Å². The third-order valence-electron chi connectivity index (χ3n) is 6.74. The Kier molecular flexibility index (Phi) is 7.04. The average Bonchev–Trinajstić information content (AvgIpc) is 3.17. The van der Waals surface area contributed by atoms with Crippen molar-refractivity contribution >= 4 is 23.9 Å². The third kappa shape index (κ3) is 4.99. The van der Waals surface area contributed by atoms with Crippen LogP contribution in [0, 0.1) is 0 Å². The largest absolute Gasteiger partial charge is 0.480 e. The number of carbonyl (C=O) groups excluding carboxylic acids is 3. The van der Waals surface area contributed by atoms with Gasteiger partial charge < -0.3 is 25.0 Å². The number of nitrogens with one attached hydrogen (secondary N) is 1. The first-order valence-electron chi connectivity index (χ1n) is 11.7. The lowest BCUT2D eigenvalue weighted by atomic mass is 9.98. The molecule has 3 amide bonds. The van der Waals surface area contributed by atoms with Crippen LogP contribution in [0.15, 0.2) is 48.5 Å². The maximum atomic E-state index is 12.9. The molecule has 1 saturated heterocycles. The van der Waals surface area contributed by atoms with Crippen molar-refractivity contribution in [3.05, 3.63) is 59.7 Å². The molecule has 1 unspecified atom stereocenters. The van der Waals surface area contributed by atoms with Crippen LogP contribution in [0.5, 0.6) is 0 Å². The van der Waals surface area contributed by atoms with Gasteiger partial charge >= 0.3 is 12.1 Å². The molecular weight excluding hydrogens is 450 g/mol. The molecule has 0 aromatic heterocycles. The zero-order valence-electron chi connectivity index (χ0n) is 19.8. The smallest absolute Gasteiger partial charge is 0.407 e. The molecule has 2 atom stereocenters. The van der Waals surface area contributed by atoms with Crippen LogP contribution in [-0.2, 0) is 19.1 Å². The molecule has 2 aliphatic rings. The molecule has 1 fully saturated rings. The van der Waals surface area contributed by atoms with Crippen molar-refractivity contribution in [2.75, 3.05) is 26.7 Å². The van der Waals surface area contributed by atoms with E-state index in [1.54, 1.807) is 0 Å². The van der Waals surface area contributed by atoms with E-state index in [1.807, 2.05) is 43.3 Å². The monoisotopic (exact) mass is 479 g/mol. The van der Waals surface area contributed by atoms with Gasteiger partial charge in [-0.05, 0) is 28.7 Å². The highest BCUT2D eigenvalue weighted by Crippen LogP contribution is 2.44. The number of alkyl carbamates (subject to hydrolysis) is 1. The summed E-state index contributed by atoms with van der Waals surface area (Å²) >= 11 is 0. The summed E-state index contributed by atoms with van der Waals surface area (Å²) in [6, 6.07) is 14.4. The van der Waals surface area contributed by atoms with Crippen LogP contribution in [-0.4, -0.2) is 77.6 Å². The summed E-state index contributed by atoms with van der Waals surface area (Å²) in [6.07, 6.45) is -0.327. The van der Waals surface area contributed by atoms with Gasteiger partial charge in [0.2, 0.25) is 11.8 Å². The molecular formula is C26H29N3O6. The number of amides is 3. The Morgan fingerprint density at radius 3 is 2.26 bits per heavy atom. The molecule has 9 heteroatoms. The zero-order chi connectivity index (χ0) is 25.1. The second-order valence-electron chi connectivity index (χ2n) is 8.93. The van der Waals surface area contributed by atoms with E-state index in [2.05, 4.69) is 17.4 Å². The first-order valence-corrected chi connectivity index (χ1v) is 11.7. The maximum Gasteiger partial charge on any atom is 0.407 e. The lowest BCUT2D eigenvalue weighted by molar-refractivity contribution is -0.159. The van der Waals surface area contributed by atoms with Gasteiger partial charge in [-0.15, -0.1) is 0 Å². The summed E-state index contributed by atoms with van der Waals surface area (Å²) in [4.78, 5) is 51.5. The van der Waals surface area contributed by atoms with Gasteiger partial charge in [0.1, 0.15) is 19.2 Å². The Bertz CT molecular complexity index is 1100. The van der Waals surface area contributed by atoms with E-state index in [0.717, 1.165) is 27.2 Å². The predicted molar refractivity (Wildman–Crippen MR) is 128 cm³/mol. The summed E-state index contributed by atoms with van der Waals surface area (Å²) in [5.74, 6) is -2.07. The molecule has 4 rings (SSSR count). The van der Waals surface area contributed by atoms with Gasteiger partial charge in [-0.3, -0.25) is 9.59 Å². The lowest BCUT2D eigenvalue weighted by Gasteiger charge is -2.37. The minimum atomic E-state index is -1.17. The number of rotatable bonds is 7. The molecule has 0 bridgehead atoms. The fourth-order valence-corrected chi connectivity index (χ4v) is 4.74. The Hall–Kier alpha value is -3.88.